The van der Waals surface area contributed by atoms with E-state index in [1.807, 2.05) is 43.2 Å². The van der Waals surface area contributed by atoms with Gasteiger partial charge >= 0.3 is 0 Å². The number of methoxy groups -OCH3 is 1. The maximum absolute atomic E-state index is 13.2. The Morgan fingerprint density at radius 1 is 1.06 bits per heavy atom. The SMILES string of the molecule is COc1c(/C(C)=C/C(=O)N2CCN(C3CCCCC3)CC2)cc2c(-c3ccccc3)coc2c1C. The van der Waals surface area contributed by atoms with Gasteiger partial charge in [0.25, 0.3) is 0 Å². The molecular weight excluding hydrogens is 436 g/mol. The third kappa shape index (κ3) is 4.74. The Morgan fingerprint density at radius 2 is 1.77 bits per heavy atom. The average molecular weight is 473 g/mol. The standard InChI is InChI=1S/C30H36N2O3/c1-21(18-28(33)32-16-14-31(15-17-32)24-12-8-5-9-13-24)25-19-26-27(23-10-6-4-7-11-23)20-35-30(26)22(2)29(25)34-3/h4,6-7,10-11,18-20,24H,5,8-9,12-17H2,1-3H3/b21-18+. The van der Waals surface area contributed by atoms with E-state index in [1.165, 1.54) is 32.1 Å². The fourth-order valence-corrected chi connectivity index (χ4v) is 5.82. The van der Waals surface area contributed by atoms with Crippen LogP contribution in [-0.2, 0) is 4.79 Å². The number of rotatable bonds is 5. The Hall–Kier alpha value is -3.05. The number of ether oxygens (including phenoxy) is 1. The molecule has 0 unspecified atom stereocenters. The first-order chi connectivity index (χ1) is 17.1. The van der Waals surface area contributed by atoms with Crippen LogP contribution in [0.4, 0.5) is 0 Å². The van der Waals surface area contributed by atoms with Gasteiger partial charge in [-0.05, 0) is 43.9 Å². The fraction of sp³-hybridized carbons (Fsp3) is 0.433. The van der Waals surface area contributed by atoms with E-state index in [1.54, 1.807) is 13.2 Å². The Bertz CT molecular complexity index is 1210. The van der Waals surface area contributed by atoms with Crippen LogP contribution < -0.4 is 4.74 Å². The van der Waals surface area contributed by atoms with Crippen LogP contribution in [-0.4, -0.2) is 55.0 Å². The fourth-order valence-electron chi connectivity index (χ4n) is 5.82. The molecule has 2 heterocycles. The van der Waals surface area contributed by atoms with E-state index in [0.29, 0.717) is 6.04 Å². The number of benzene rings is 2. The zero-order valence-electron chi connectivity index (χ0n) is 21.2. The van der Waals surface area contributed by atoms with Gasteiger partial charge in [-0.25, -0.2) is 0 Å². The van der Waals surface area contributed by atoms with Gasteiger partial charge in [-0.1, -0.05) is 49.6 Å². The van der Waals surface area contributed by atoms with E-state index in [-0.39, 0.29) is 5.91 Å². The summed E-state index contributed by atoms with van der Waals surface area (Å²) in [7, 11) is 1.68. The third-order valence-electron chi connectivity index (χ3n) is 7.81. The quantitative estimate of drug-likeness (QED) is 0.409. The van der Waals surface area contributed by atoms with Crippen LogP contribution in [0.1, 0.15) is 50.2 Å². The van der Waals surface area contributed by atoms with E-state index in [4.69, 9.17) is 9.15 Å². The molecule has 1 aliphatic heterocycles. The molecule has 1 amide bonds. The smallest absolute Gasteiger partial charge is 0.246 e. The molecule has 0 spiro atoms. The molecule has 2 fully saturated rings. The molecule has 0 N–H and O–H groups in total. The van der Waals surface area contributed by atoms with Gasteiger partial charge in [-0.3, -0.25) is 9.69 Å². The molecule has 0 radical (unpaired) electrons. The molecule has 0 bridgehead atoms. The second-order valence-electron chi connectivity index (χ2n) is 9.95. The molecule has 1 saturated carbocycles. The van der Waals surface area contributed by atoms with Crippen molar-refractivity contribution in [1.82, 2.24) is 9.80 Å². The predicted molar refractivity (Wildman–Crippen MR) is 142 cm³/mol. The summed E-state index contributed by atoms with van der Waals surface area (Å²) in [6.45, 7) is 7.58. The molecule has 1 saturated heterocycles. The van der Waals surface area contributed by atoms with Crippen LogP contribution in [0.3, 0.4) is 0 Å². The number of fused-ring (bicyclic) bond motifs is 1. The summed E-state index contributed by atoms with van der Waals surface area (Å²) in [6.07, 6.45) is 10.3. The monoisotopic (exact) mass is 472 g/mol. The molecule has 5 heteroatoms. The molecule has 2 aliphatic rings. The van der Waals surface area contributed by atoms with Crippen LogP contribution >= 0.6 is 0 Å². The first-order valence-electron chi connectivity index (χ1n) is 12.9. The highest BCUT2D eigenvalue weighted by molar-refractivity contribution is 6.01. The van der Waals surface area contributed by atoms with Crippen LogP contribution in [0.25, 0.3) is 27.7 Å². The van der Waals surface area contributed by atoms with Gasteiger partial charge < -0.3 is 14.1 Å². The minimum absolute atomic E-state index is 0.0843. The minimum Gasteiger partial charge on any atom is -0.496 e. The number of carbonyl (C=O) groups excluding carboxylic acids is 1. The zero-order valence-corrected chi connectivity index (χ0v) is 21.2. The summed E-state index contributed by atoms with van der Waals surface area (Å²) in [6, 6.07) is 13.1. The molecule has 2 aromatic carbocycles. The topological polar surface area (TPSA) is 45.9 Å². The summed E-state index contributed by atoms with van der Waals surface area (Å²) < 4.78 is 11.8. The van der Waals surface area contributed by atoms with Gasteiger partial charge in [0.1, 0.15) is 11.3 Å². The van der Waals surface area contributed by atoms with Crippen molar-refractivity contribution in [3.05, 3.63) is 59.9 Å². The number of hydrogen-bond acceptors (Lipinski definition) is 4. The number of nitrogens with zero attached hydrogens (tertiary/aromatic N) is 2. The highest BCUT2D eigenvalue weighted by atomic mass is 16.5. The van der Waals surface area contributed by atoms with Crippen LogP contribution in [0.15, 0.2) is 53.2 Å². The number of furan rings is 1. The van der Waals surface area contributed by atoms with E-state index in [2.05, 4.69) is 23.1 Å². The number of piperazine rings is 1. The molecule has 0 atom stereocenters. The molecule has 184 valence electrons. The molecule has 1 aliphatic carbocycles. The zero-order chi connectivity index (χ0) is 24.4. The van der Waals surface area contributed by atoms with Crippen molar-refractivity contribution in [2.75, 3.05) is 33.3 Å². The van der Waals surface area contributed by atoms with Crippen molar-refractivity contribution in [1.29, 1.82) is 0 Å². The third-order valence-corrected chi connectivity index (χ3v) is 7.81. The summed E-state index contributed by atoms with van der Waals surface area (Å²) in [5.74, 6) is 0.844. The van der Waals surface area contributed by atoms with Gasteiger partial charge in [0.2, 0.25) is 5.91 Å². The largest absolute Gasteiger partial charge is 0.496 e. The van der Waals surface area contributed by atoms with E-state index in [0.717, 1.165) is 70.7 Å². The lowest BCUT2D eigenvalue weighted by molar-refractivity contribution is -0.128. The lowest BCUT2D eigenvalue weighted by atomic mass is 9.94. The Balaban J connectivity index is 1.39. The molecular formula is C30H36N2O3. The second-order valence-corrected chi connectivity index (χ2v) is 9.95. The first-order valence-corrected chi connectivity index (χ1v) is 12.9. The van der Waals surface area contributed by atoms with Gasteiger partial charge in [0.15, 0.2) is 0 Å². The normalized spacial score (nSPS) is 18.3. The van der Waals surface area contributed by atoms with Crippen LogP contribution in [0.5, 0.6) is 5.75 Å². The first kappa shape index (κ1) is 23.7. The summed E-state index contributed by atoms with van der Waals surface area (Å²) in [5.41, 5.74) is 5.77. The van der Waals surface area contributed by atoms with Crippen molar-refractivity contribution in [3.63, 3.8) is 0 Å². The van der Waals surface area contributed by atoms with Gasteiger partial charge in [0.05, 0.1) is 13.4 Å². The molecule has 1 aromatic heterocycles. The number of amides is 1. The number of carbonyl (C=O) groups is 1. The van der Waals surface area contributed by atoms with E-state index in [9.17, 15) is 4.79 Å². The van der Waals surface area contributed by atoms with Crippen molar-refractivity contribution in [3.8, 4) is 16.9 Å². The Kier molecular flexibility index (Phi) is 6.96. The summed E-state index contributed by atoms with van der Waals surface area (Å²) >= 11 is 0. The molecule has 5 rings (SSSR count). The predicted octanol–water partition coefficient (Wildman–Crippen LogP) is 6.30. The summed E-state index contributed by atoms with van der Waals surface area (Å²) in [4.78, 5) is 17.8. The van der Waals surface area contributed by atoms with Crippen LogP contribution in [0.2, 0.25) is 0 Å². The number of allylic oxidation sites excluding steroid dienone is 1. The molecule has 35 heavy (non-hydrogen) atoms. The number of aryl methyl sites for hydroxylation is 1. The number of hydrogen-bond donors (Lipinski definition) is 0. The Labute approximate surface area is 208 Å². The lowest BCUT2D eigenvalue weighted by Gasteiger charge is -2.40. The van der Waals surface area contributed by atoms with Gasteiger partial charge in [-0.2, -0.15) is 0 Å². The minimum atomic E-state index is 0.0843. The highest BCUT2D eigenvalue weighted by Crippen LogP contribution is 2.40. The van der Waals surface area contributed by atoms with Crippen molar-refractivity contribution < 1.29 is 13.9 Å². The molecule has 5 nitrogen and oxygen atoms in total. The Morgan fingerprint density at radius 3 is 2.46 bits per heavy atom. The van der Waals surface area contributed by atoms with Gasteiger partial charge in [-0.15, -0.1) is 0 Å². The maximum atomic E-state index is 13.2. The van der Waals surface area contributed by atoms with Crippen molar-refractivity contribution in [2.24, 2.45) is 0 Å². The van der Waals surface area contributed by atoms with E-state index < -0.39 is 0 Å². The molecule has 3 aromatic rings. The maximum Gasteiger partial charge on any atom is 0.246 e. The van der Waals surface area contributed by atoms with Crippen molar-refractivity contribution in [2.45, 2.75) is 52.0 Å². The van der Waals surface area contributed by atoms with Crippen LogP contribution in [0, 0.1) is 6.92 Å². The highest BCUT2D eigenvalue weighted by Gasteiger charge is 2.27. The van der Waals surface area contributed by atoms with Gasteiger partial charge in [0, 0.05) is 60.4 Å². The lowest BCUT2D eigenvalue weighted by Crippen LogP contribution is -2.52. The van der Waals surface area contributed by atoms with Crippen molar-refractivity contribution >= 4 is 22.4 Å². The van der Waals surface area contributed by atoms with E-state index >= 15 is 0 Å². The summed E-state index contributed by atoms with van der Waals surface area (Å²) in [5, 5.41) is 1.03. The average Bonchev–Trinajstić information content (AvgIpc) is 3.34. The second kappa shape index (κ2) is 10.3.